The lowest BCUT2D eigenvalue weighted by molar-refractivity contribution is 0.0934. The number of aromatic nitrogens is 5. The van der Waals surface area contributed by atoms with Crippen molar-refractivity contribution in [3.63, 3.8) is 0 Å². The van der Waals surface area contributed by atoms with Crippen LogP contribution in [0.15, 0.2) is 42.3 Å². The molecule has 1 N–H and O–H groups in total. The normalized spacial score (nSPS) is 11.2. The SMILES string of the molecule is COCCNC(=O)c1nc(-c2cn(Cc3csc(C)n3)cn2)n2ccccc12. The number of nitrogens with one attached hydrogen (secondary N) is 1. The molecule has 144 valence electrons. The van der Waals surface area contributed by atoms with Crippen molar-refractivity contribution in [1.82, 2.24) is 29.2 Å². The van der Waals surface area contributed by atoms with Gasteiger partial charge in [-0.3, -0.25) is 9.20 Å². The second kappa shape index (κ2) is 7.91. The highest BCUT2D eigenvalue weighted by atomic mass is 32.1. The minimum Gasteiger partial charge on any atom is -0.383 e. The number of hydrogen-bond donors (Lipinski definition) is 1. The molecule has 4 rings (SSSR count). The van der Waals surface area contributed by atoms with Crippen molar-refractivity contribution in [3.8, 4) is 11.5 Å². The number of carbonyl (C=O) groups is 1. The number of imidazole rings is 2. The lowest BCUT2D eigenvalue weighted by atomic mass is 10.3. The Balaban J connectivity index is 1.64. The van der Waals surface area contributed by atoms with E-state index in [-0.39, 0.29) is 5.91 Å². The lowest BCUT2D eigenvalue weighted by Crippen LogP contribution is -2.27. The van der Waals surface area contributed by atoms with Gasteiger partial charge in [0.2, 0.25) is 0 Å². The van der Waals surface area contributed by atoms with Gasteiger partial charge in [0.1, 0.15) is 5.69 Å². The summed E-state index contributed by atoms with van der Waals surface area (Å²) >= 11 is 1.63. The van der Waals surface area contributed by atoms with Crippen molar-refractivity contribution in [3.05, 3.63) is 58.7 Å². The molecule has 28 heavy (non-hydrogen) atoms. The maximum Gasteiger partial charge on any atom is 0.272 e. The number of aryl methyl sites for hydroxylation is 1. The fourth-order valence-electron chi connectivity index (χ4n) is 2.97. The van der Waals surface area contributed by atoms with E-state index in [1.54, 1.807) is 24.8 Å². The highest BCUT2D eigenvalue weighted by Gasteiger charge is 2.19. The van der Waals surface area contributed by atoms with E-state index in [1.165, 1.54) is 0 Å². The minimum absolute atomic E-state index is 0.232. The molecular weight excluding hydrogens is 376 g/mol. The Morgan fingerprint density at radius 1 is 1.32 bits per heavy atom. The van der Waals surface area contributed by atoms with Crippen molar-refractivity contribution >= 4 is 22.8 Å². The van der Waals surface area contributed by atoms with Crippen LogP contribution in [0.4, 0.5) is 0 Å². The number of ether oxygens (including phenoxy) is 1. The van der Waals surface area contributed by atoms with Crippen molar-refractivity contribution in [2.45, 2.75) is 13.5 Å². The van der Waals surface area contributed by atoms with Crippen LogP contribution in [0.2, 0.25) is 0 Å². The smallest absolute Gasteiger partial charge is 0.272 e. The Kier molecular flexibility index (Phi) is 5.18. The van der Waals surface area contributed by atoms with Gasteiger partial charge in [-0.15, -0.1) is 11.3 Å². The Morgan fingerprint density at radius 3 is 3.00 bits per heavy atom. The number of amides is 1. The van der Waals surface area contributed by atoms with Gasteiger partial charge in [-0.05, 0) is 19.1 Å². The zero-order chi connectivity index (χ0) is 19.5. The maximum atomic E-state index is 12.6. The Morgan fingerprint density at radius 2 is 2.21 bits per heavy atom. The lowest BCUT2D eigenvalue weighted by Gasteiger charge is -2.02. The quantitative estimate of drug-likeness (QED) is 0.485. The Hall–Kier alpha value is -3.04. The minimum atomic E-state index is -0.232. The summed E-state index contributed by atoms with van der Waals surface area (Å²) in [5.74, 6) is 0.394. The monoisotopic (exact) mass is 396 g/mol. The first-order valence-electron chi connectivity index (χ1n) is 8.83. The van der Waals surface area contributed by atoms with Gasteiger partial charge in [0.15, 0.2) is 11.5 Å². The van der Waals surface area contributed by atoms with E-state index >= 15 is 0 Å². The van der Waals surface area contributed by atoms with Gasteiger partial charge in [-0.1, -0.05) is 6.07 Å². The summed E-state index contributed by atoms with van der Waals surface area (Å²) in [6.45, 7) is 3.51. The Labute approximate surface area is 165 Å². The van der Waals surface area contributed by atoms with Crippen LogP contribution in [-0.4, -0.2) is 50.1 Å². The molecule has 4 aromatic heterocycles. The van der Waals surface area contributed by atoms with Gasteiger partial charge in [-0.2, -0.15) is 0 Å². The van der Waals surface area contributed by atoms with Crippen LogP contribution in [0.1, 0.15) is 21.2 Å². The largest absolute Gasteiger partial charge is 0.383 e. The first-order chi connectivity index (χ1) is 13.7. The van der Waals surface area contributed by atoms with E-state index in [2.05, 4.69) is 20.3 Å². The fourth-order valence-corrected chi connectivity index (χ4v) is 3.57. The number of pyridine rings is 1. The third-order valence-electron chi connectivity index (χ3n) is 4.23. The summed E-state index contributed by atoms with van der Waals surface area (Å²) in [5, 5.41) is 5.91. The summed E-state index contributed by atoms with van der Waals surface area (Å²) < 4.78 is 8.83. The van der Waals surface area contributed by atoms with Crippen molar-refractivity contribution in [1.29, 1.82) is 0 Å². The number of thiazole rings is 1. The van der Waals surface area contributed by atoms with Crippen LogP contribution in [0, 0.1) is 6.92 Å². The van der Waals surface area contributed by atoms with Crippen LogP contribution in [0.5, 0.6) is 0 Å². The topological polar surface area (TPSA) is 86.3 Å². The molecule has 0 aliphatic carbocycles. The number of nitrogens with zero attached hydrogens (tertiary/aromatic N) is 5. The molecule has 0 fully saturated rings. The van der Waals surface area contributed by atoms with Gasteiger partial charge in [0.25, 0.3) is 5.91 Å². The number of rotatable bonds is 7. The first kappa shape index (κ1) is 18.3. The average Bonchev–Trinajstić information content (AvgIpc) is 3.40. The molecule has 8 nitrogen and oxygen atoms in total. The molecule has 0 spiro atoms. The van der Waals surface area contributed by atoms with Crippen LogP contribution >= 0.6 is 11.3 Å². The third kappa shape index (κ3) is 3.67. The van der Waals surface area contributed by atoms with Crippen molar-refractivity contribution in [2.75, 3.05) is 20.3 Å². The molecule has 0 aliphatic rings. The highest BCUT2D eigenvalue weighted by molar-refractivity contribution is 7.09. The van der Waals surface area contributed by atoms with Gasteiger partial charge >= 0.3 is 0 Å². The second-order valence-corrected chi connectivity index (χ2v) is 7.34. The number of fused-ring (bicyclic) bond motifs is 1. The highest BCUT2D eigenvalue weighted by Crippen LogP contribution is 2.22. The predicted octanol–water partition coefficient (Wildman–Crippen LogP) is 2.39. The molecule has 4 heterocycles. The van der Waals surface area contributed by atoms with E-state index in [0.29, 0.717) is 36.9 Å². The number of hydrogen-bond acceptors (Lipinski definition) is 6. The van der Waals surface area contributed by atoms with E-state index in [4.69, 9.17) is 4.74 Å². The summed E-state index contributed by atoms with van der Waals surface area (Å²) in [6, 6.07) is 5.66. The number of carbonyl (C=O) groups excluding carboxylic acids is 1. The summed E-state index contributed by atoms with van der Waals surface area (Å²) in [4.78, 5) is 26.1. The molecule has 1 amide bonds. The van der Waals surface area contributed by atoms with Gasteiger partial charge < -0.3 is 14.6 Å². The molecule has 0 unspecified atom stereocenters. The van der Waals surface area contributed by atoms with E-state index < -0.39 is 0 Å². The van der Waals surface area contributed by atoms with Crippen LogP contribution in [-0.2, 0) is 11.3 Å². The second-order valence-electron chi connectivity index (χ2n) is 6.28. The van der Waals surface area contributed by atoms with Gasteiger partial charge in [0, 0.05) is 31.4 Å². The van der Waals surface area contributed by atoms with Crippen molar-refractivity contribution in [2.24, 2.45) is 0 Å². The molecule has 0 saturated heterocycles. The van der Waals surface area contributed by atoms with Gasteiger partial charge in [0.05, 0.1) is 35.7 Å². The number of methoxy groups -OCH3 is 1. The maximum absolute atomic E-state index is 12.6. The molecule has 0 bridgehead atoms. The van der Waals surface area contributed by atoms with Crippen LogP contribution < -0.4 is 5.32 Å². The molecule has 0 radical (unpaired) electrons. The van der Waals surface area contributed by atoms with E-state index in [1.807, 2.05) is 51.9 Å². The molecule has 4 aromatic rings. The molecule has 0 aromatic carbocycles. The molecule has 0 saturated carbocycles. The zero-order valence-corrected chi connectivity index (χ0v) is 16.4. The predicted molar refractivity (Wildman–Crippen MR) is 107 cm³/mol. The molecule has 0 atom stereocenters. The zero-order valence-electron chi connectivity index (χ0n) is 15.6. The van der Waals surface area contributed by atoms with Gasteiger partial charge in [-0.25, -0.2) is 15.0 Å². The van der Waals surface area contributed by atoms with Crippen molar-refractivity contribution < 1.29 is 9.53 Å². The summed E-state index contributed by atoms with van der Waals surface area (Å²) in [7, 11) is 1.60. The summed E-state index contributed by atoms with van der Waals surface area (Å²) in [6.07, 6.45) is 5.56. The van der Waals surface area contributed by atoms with E-state index in [9.17, 15) is 4.79 Å². The van der Waals surface area contributed by atoms with Crippen LogP contribution in [0.3, 0.4) is 0 Å². The first-order valence-corrected chi connectivity index (χ1v) is 9.71. The average molecular weight is 396 g/mol. The molecule has 9 heteroatoms. The van der Waals surface area contributed by atoms with Crippen LogP contribution in [0.25, 0.3) is 17.0 Å². The fraction of sp³-hybridized carbons (Fsp3) is 0.263. The molecule has 0 aliphatic heterocycles. The van der Waals surface area contributed by atoms with E-state index in [0.717, 1.165) is 16.2 Å². The summed E-state index contributed by atoms with van der Waals surface area (Å²) in [5.41, 5.74) is 2.80. The third-order valence-corrected chi connectivity index (χ3v) is 5.05. The Bertz CT molecular complexity index is 1110. The standard InChI is InChI=1S/C19H20N6O2S/c1-13-22-14(11-28-13)9-24-10-15(21-12-24)18-23-17(19(26)20-6-8-27-2)16-5-3-4-7-25(16)18/h3-5,7,10-12H,6,8-9H2,1-2H3,(H,20,26). The molecular formula is C19H20N6O2S.